The Labute approximate surface area is 190 Å². The molecular formula is C20H28Br2N2Ti. The molecule has 0 unspecified atom stereocenters. The second-order valence-electron chi connectivity index (χ2n) is 5.39. The molecule has 0 N–H and O–H groups in total. The Morgan fingerprint density at radius 3 is 1.24 bits per heavy atom. The van der Waals surface area contributed by atoms with Crippen molar-refractivity contribution in [1.82, 2.24) is 0 Å². The molecule has 2 aromatic carbocycles. The summed E-state index contributed by atoms with van der Waals surface area (Å²) in [4.78, 5) is 0. The van der Waals surface area contributed by atoms with E-state index < -0.39 is 0 Å². The molecule has 136 valence electrons. The van der Waals surface area contributed by atoms with Crippen LogP contribution in [0.25, 0.3) is 10.6 Å². The first-order chi connectivity index (χ1) is 10.5. The maximum Gasteiger partial charge on any atom is 4.00 e. The Hall–Kier alpha value is -0.286. The van der Waals surface area contributed by atoms with Crippen LogP contribution in [0.2, 0.25) is 0 Å². The van der Waals surface area contributed by atoms with Crippen LogP contribution >= 0.6 is 0 Å². The van der Waals surface area contributed by atoms with Gasteiger partial charge < -0.3 is 44.6 Å². The second-order valence-corrected chi connectivity index (χ2v) is 5.39. The first-order valence-corrected chi connectivity index (χ1v) is 7.98. The van der Waals surface area contributed by atoms with Gasteiger partial charge in [0, 0.05) is 0 Å². The zero-order chi connectivity index (χ0) is 16.5. The van der Waals surface area contributed by atoms with Gasteiger partial charge in [0.2, 0.25) is 0 Å². The van der Waals surface area contributed by atoms with E-state index in [9.17, 15) is 0 Å². The maximum atomic E-state index is 4.37. The fraction of sp³-hybridized carbons (Fsp3) is 0.400. The molecule has 2 nitrogen and oxygen atoms in total. The minimum absolute atomic E-state index is 0. The van der Waals surface area contributed by atoms with Crippen LogP contribution in [0, 0.1) is 27.7 Å². The van der Waals surface area contributed by atoms with E-state index in [1.165, 1.54) is 22.3 Å². The summed E-state index contributed by atoms with van der Waals surface area (Å²) in [6.45, 7) is 14.3. The summed E-state index contributed by atoms with van der Waals surface area (Å²) in [6, 6.07) is 12.5. The van der Waals surface area contributed by atoms with Crippen molar-refractivity contribution < 1.29 is 55.7 Å². The molecule has 0 fully saturated rings. The van der Waals surface area contributed by atoms with Gasteiger partial charge in [-0.2, -0.15) is 0 Å². The van der Waals surface area contributed by atoms with Crippen LogP contribution in [0.3, 0.4) is 0 Å². The van der Waals surface area contributed by atoms with Crippen LogP contribution < -0.4 is 34.0 Å². The molecule has 2 rings (SSSR count). The summed E-state index contributed by atoms with van der Waals surface area (Å²) in [5.74, 6) is 0. The van der Waals surface area contributed by atoms with Gasteiger partial charge in [0.25, 0.3) is 0 Å². The summed E-state index contributed by atoms with van der Waals surface area (Å²) >= 11 is 0. The van der Waals surface area contributed by atoms with E-state index >= 15 is 0 Å². The van der Waals surface area contributed by atoms with Crippen molar-refractivity contribution >= 4 is 11.4 Å². The van der Waals surface area contributed by atoms with Crippen LogP contribution in [0.4, 0.5) is 11.4 Å². The van der Waals surface area contributed by atoms with Crippen molar-refractivity contribution in [2.75, 3.05) is 13.1 Å². The Balaban J connectivity index is -0.000000346. The molecule has 0 aromatic heterocycles. The Morgan fingerprint density at radius 2 is 0.960 bits per heavy atom. The molecule has 5 heteroatoms. The molecule has 0 aliphatic rings. The van der Waals surface area contributed by atoms with Crippen molar-refractivity contribution in [3.8, 4) is 0 Å². The van der Waals surface area contributed by atoms with Gasteiger partial charge in [-0.15, -0.1) is 24.5 Å². The zero-order valence-electron chi connectivity index (χ0n) is 16.0. The first-order valence-electron chi connectivity index (χ1n) is 7.98. The smallest absolute Gasteiger partial charge is 1.00 e. The average Bonchev–Trinajstić information content (AvgIpc) is 2.50. The van der Waals surface area contributed by atoms with E-state index in [-0.39, 0.29) is 55.7 Å². The van der Waals surface area contributed by atoms with Crippen LogP contribution in [0.5, 0.6) is 0 Å². The number of benzene rings is 2. The fourth-order valence-corrected chi connectivity index (χ4v) is 2.15. The predicted molar refractivity (Wildman–Crippen MR) is 99.0 cm³/mol. The SMILES string of the molecule is CC[N-]c1cccc(C)c1C.CC[N-]c1cccc(C)c1C.[Br-].[Br-].[Ti+4]. The first kappa shape index (κ1) is 29.5. The van der Waals surface area contributed by atoms with Crippen LogP contribution in [0.15, 0.2) is 36.4 Å². The van der Waals surface area contributed by atoms with Crippen LogP contribution in [-0.2, 0) is 21.7 Å². The Kier molecular flexibility index (Phi) is 18.8. The molecule has 0 aliphatic carbocycles. The van der Waals surface area contributed by atoms with Crippen molar-refractivity contribution in [2.45, 2.75) is 41.5 Å². The topological polar surface area (TPSA) is 28.2 Å². The Bertz CT molecular complexity index is 551. The minimum Gasteiger partial charge on any atom is -1.00 e. The molecule has 0 aliphatic heterocycles. The largest absolute Gasteiger partial charge is 4.00 e. The molecule has 0 saturated heterocycles. The van der Waals surface area contributed by atoms with Crippen molar-refractivity contribution in [1.29, 1.82) is 0 Å². The van der Waals surface area contributed by atoms with Gasteiger partial charge in [-0.3, -0.25) is 0 Å². The monoisotopic (exact) mass is 502 g/mol. The molecule has 0 bridgehead atoms. The normalized spacial score (nSPS) is 8.56. The second kappa shape index (κ2) is 15.9. The van der Waals surface area contributed by atoms with E-state index in [0.717, 1.165) is 24.5 Å². The van der Waals surface area contributed by atoms with E-state index in [0.29, 0.717) is 0 Å². The fourth-order valence-electron chi connectivity index (χ4n) is 2.15. The maximum absolute atomic E-state index is 4.37. The third-order valence-corrected chi connectivity index (χ3v) is 3.81. The quantitative estimate of drug-likeness (QED) is 0.549. The standard InChI is InChI=1S/2C10H14N.2BrH.Ti/c2*1-4-11-10-7-5-6-8(2)9(10)3;;;/h2*5-7H,4H2,1-3H3;2*1H;/q2*-1;;;+4/p-2. The third-order valence-electron chi connectivity index (χ3n) is 3.81. The molecule has 0 atom stereocenters. The molecular weight excluding hydrogens is 476 g/mol. The number of hydrogen-bond donors (Lipinski definition) is 0. The minimum atomic E-state index is 0. The predicted octanol–water partition coefficient (Wildman–Crippen LogP) is 0.663. The Morgan fingerprint density at radius 1 is 0.640 bits per heavy atom. The van der Waals surface area contributed by atoms with Gasteiger partial charge in [-0.1, -0.05) is 61.4 Å². The summed E-state index contributed by atoms with van der Waals surface area (Å²) in [6.07, 6.45) is 0. The molecule has 0 radical (unpaired) electrons. The molecule has 25 heavy (non-hydrogen) atoms. The number of halogens is 2. The molecule has 2 aromatic rings. The van der Waals surface area contributed by atoms with Crippen LogP contribution in [-0.4, -0.2) is 13.1 Å². The number of rotatable bonds is 4. The zero-order valence-corrected chi connectivity index (χ0v) is 20.8. The average molecular weight is 504 g/mol. The van der Waals surface area contributed by atoms with Gasteiger partial charge in [-0.25, -0.2) is 0 Å². The van der Waals surface area contributed by atoms with Gasteiger partial charge in [0.15, 0.2) is 0 Å². The van der Waals surface area contributed by atoms with Gasteiger partial charge in [0.05, 0.1) is 0 Å². The molecule has 0 heterocycles. The molecule has 0 spiro atoms. The van der Waals surface area contributed by atoms with Gasteiger partial charge in [0.1, 0.15) is 0 Å². The van der Waals surface area contributed by atoms with E-state index in [1.807, 2.05) is 0 Å². The van der Waals surface area contributed by atoms with Crippen LogP contribution in [0.1, 0.15) is 36.1 Å². The number of aryl methyl sites for hydroxylation is 2. The van der Waals surface area contributed by atoms with Gasteiger partial charge >= 0.3 is 21.7 Å². The summed E-state index contributed by atoms with van der Waals surface area (Å²) < 4.78 is 0. The summed E-state index contributed by atoms with van der Waals surface area (Å²) in [5.41, 5.74) is 7.50. The van der Waals surface area contributed by atoms with Crippen molar-refractivity contribution in [3.05, 3.63) is 69.3 Å². The van der Waals surface area contributed by atoms with Crippen molar-refractivity contribution in [3.63, 3.8) is 0 Å². The van der Waals surface area contributed by atoms with Gasteiger partial charge in [-0.05, 0) is 38.8 Å². The third kappa shape index (κ3) is 9.84. The molecule has 0 amide bonds. The van der Waals surface area contributed by atoms with E-state index in [1.54, 1.807) is 0 Å². The number of nitrogens with zero attached hydrogens (tertiary/aromatic N) is 2. The van der Waals surface area contributed by atoms with E-state index in [2.05, 4.69) is 88.6 Å². The number of hydrogen-bond acceptors (Lipinski definition) is 0. The van der Waals surface area contributed by atoms with E-state index in [4.69, 9.17) is 0 Å². The summed E-state index contributed by atoms with van der Waals surface area (Å²) in [5, 5.41) is 8.73. The van der Waals surface area contributed by atoms with Crippen molar-refractivity contribution in [2.24, 2.45) is 0 Å². The summed E-state index contributed by atoms with van der Waals surface area (Å²) in [7, 11) is 0. The molecule has 0 saturated carbocycles.